The zero-order valence-corrected chi connectivity index (χ0v) is 10.0. The third-order valence-corrected chi connectivity index (χ3v) is 2.36. The molecule has 0 amide bonds. The van der Waals surface area contributed by atoms with Crippen LogP contribution >= 0.6 is 0 Å². The van der Waals surface area contributed by atoms with Crippen LogP contribution in [0.25, 0.3) is 0 Å². The van der Waals surface area contributed by atoms with Gasteiger partial charge in [0.15, 0.2) is 0 Å². The molecule has 1 N–H and O–H groups in total. The Morgan fingerprint density at radius 3 is 2.60 bits per heavy atom. The molecule has 1 saturated heterocycles. The summed E-state index contributed by atoms with van der Waals surface area (Å²) in [4.78, 5) is 11.8. The predicted molar refractivity (Wildman–Crippen MR) is 57.7 cm³/mol. The van der Waals surface area contributed by atoms with Crippen LogP contribution in [0.15, 0.2) is 0 Å². The van der Waals surface area contributed by atoms with Crippen molar-refractivity contribution in [2.24, 2.45) is 0 Å². The normalized spacial score (nSPS) is 27.5. The summed E-state index contributed by atoms with van der Waals surface area (Å²) in [5, 5.41) is 3.14. The van der Waals surface area contributed by atoms with Gasteiger partial charge in [0.2, 0.25) is 0 Å². The molecule has 0 bridgehead atoms. The number of methoxy groups -OCH3 is 1. The zero-order chi connectivity index (χ0) is 11.5. The van der Waals surface area contributed by atoms with Gasteiger partial charge < -0.3 is 14.8 Å². The van der Waals surface area contributed by atoms with Gasteiger partial charge in [-0.05, 0) is 40.2 Å². The Hall–Kier alpha value is -0.610. The van der Waals surface area contributed by atoms with Crippen LogP contribution in [0.2, 0.25) is 0 Å². The number of piperidine rings is 1. The third kappa shape index (κ3) is 3.80. The van der Waals surface area contributed by atoms with Gasteiger partial charge in [0.25, 0.3) is 0 Å². The first-order valence-corrected chi connectivity index (χ1v) is 5.43. The Balaban J connectivity index is 2.56. The van der Waals surface area contributed by atoms with Crippen LogP contribution in [0, 0.1) is 0 Å². The zero-order valence-electron chi connectivity index (χ0n) is 10.0. The summed E-state index contributed by atoms with van der Waals surface area (Å²) in [5.41, 5.74) is -0.436. The molecule has 1 fully saturated rings. The third-order valence-electron chi connectivity index (χ3n) is 2.36. The Morgan fingerprint density at radius 1 is 1.40 bits per heavy atom. The average Bonchev–Trinajstić information content (AvgIpc) is 2.15. The highest BCUT2D eigenvalue weighted by atomic mass is 16.6. The van der Waals surface area contributed by atoms with Crippen molar-refractivity contribution in [3.05, 3.63) is 0 Å². The number of ether oxygens (including phenoxy) is 2. The van der Waals surface area contributed by atoms with E-state index >= 15 is 0 Å². The van der Waals surface area contributed by atoms with Crippen LogP contribution in [0.4, 0.5) is 0 Å². The predicted octanol–water partition coefficient (Wildman–Crippen LogP) is 1.10. The van der Waals surface area contributed by atoms with Crippen LogP contribution in [0.1, 0.15) is 33.6 Å². The maximum atomic E-state index is 11.8. The van der Waals surface area contributed by atoms with E-state index in [0.717, 1.165) is 19.4 Å². The highest BCUT2D eigenvalue weighted by Gasteiger charge is 2.33. The maximum Gasteiger partial charge on any atom is 0.326 e. The molecule has 0 aromatic rings. The van der Waals surface area contributed by atoms with Crippen LogP contribution in [0.5, 0.6) is 0 Å². The minimum Gasteiger partial charge on any atom is -0.459 e. The van der Waals surface area contributed by atoms with E-state index in [2.05, 4.69) is 5.32 Å². The fourth-order valence-corrected chi connectivity index (χ4v) is 1.71. The number of esters is 1. The smallest absolute Gasteiger partial charge is 0.326 e. The molecule has 2 unspecified atom stereocenters. The highest BCUT2D eigenvalue weighted by Crippen LogP contribution is 2.16. The van der Waals surface area contributed by atoms with Crippen molar-refractivity contribution in [1.29, 1.82) is 0 Å². The van der Waals surface area contributed by atoms with Gasteiger partial charge in [0.05, 0.1) is 6.10 Å². The van der Waals surface area contributed by atoms with Crippen molar-refractivity contribution in [2.45, 2.75) is 51.4 Å². The molecule has 0 aliphatic carbocycles. The molecule has 0 aromatic heterocycles. The first-order chi connectivity index (χ1) is 6.94. The molecule has 0 radical (unpaired) electrons. The fourth-order valence-electron chi connectivity index (χ4n) is 1.71. The monoisotopic (exact) mass is 215 g/mol. The molecule has 0 saturated carbocycles. The minimum atomic E-state index is -0.436. The topological polar surface area (TPSA) is 47.6 Å². The van der Waals surface area contributed by atoms with Crippen molar-refractivity contribution < 1.29 is 14.3 Å². The first kappa shape index (κ1) is 12.5. The van der Waals surface area contributed by atoms with Gasteiger partial charge in [0.1, 0.15) is 11.6 Å². The van der Waals surface area contributed by atoms with E-state index < -0.39 is 5.60 Å². The first-order valence-electron chi connectivity index (χ1n) is 5.43. The van der Waals surface area contributed by atoms with Gasteiger partial charge in [-0.1, -0.05) is 0 Å². The van der Waals surface area contributed by atoms with Crippen molar-refractivity contribution in [2.75, 3.05) is 13.7 Å². The lowest BCUT2D eigenvalue weighted by molar-refractivity contribution is -0.162. The molecular weight excluding hydrogens is 194 g/mol. The molecule has 88 valence electrons. The van der Waals surface area contributed by atoms with Crippen LogP contribution in [-0.2, 0) is 14.3 Å². The minimum absolute atomic E-state index is 0.0615. The van der Waals surface area contributed by atoms with Crippen molar-refractivity contribution in [3.8, 4) is 0 Å². The van der Waals surface area contributed by atoms with Gasteiger partial charge in [0, 0.05) is 7.11 Å². The second kappa shape index (κ2) is 4.94. The molecule has 4 heteroatoms. The number of carbonyl (C=O) groups excluding carboxylic acids is 1. The summed E-state index contributed by atoms with van der Waals surface area (Å²) < 4.78 is 10.6. The molecule has 1 aliphatic rings. The van der Waals surface area contributed by atoms with Gasteiger partial charge in [-0.3, -0.25) is 4.79 Å². The Bertz CT molecular complexity index is 222. The van der Waals surface area contributed by atoms with Crippen LogP contribution in [0.3, 0.4) is 0 Å². The van der Waals surface area contributed by atoms with Crippen LogP contribution < -0.4 is 5.32 Å². The number of rotatable bonds is 2. The molecule has 2 atom stereocenters. The Labute approximate surface area is 91.3 Å². The second-order valence-electron chi connectivity index (χ2n) is 4.88. The summed E-state index contributed by atoms with van der Waals surface area (Å²) in [6.07, 6.45) is 1.89. The summed E-state index contributed by atoms with van der Waals surface area (Å²) >= 11 is 0. The van der Waals surface area contributed by atoms with E-state index in [0.29, 0.717) is 0 Å². The van der Waals surface area contributed by atoms with Gasteiger partial charge in [-0.2, -0.15) is 0 Å². The van der Waals surface area contributed by atoms with Crippen molar-refractivity contribution in [1.82, 2.24) is 5.32 Å². The standard InChI is InChI=1S/C11H21NO3/c1-11(2,3)15-10(13)9-8(14-4)6-5-7-12-9/h8-9,12H,5-7H2,1-4H3. The van der Waals surface area contributed by atoms with Gasteiger partial charge in [-0.25, -0.2) is 0 Å². The lowest BCUT2D eigenvalue weighted by Gasteiger charge is -2.32. The summed E-state index contributed by atoms with van der Waals surface area (Å²) in [5.74, 6) is -0.214. The number of hydrogen-bond donors (Lipinski definition) is 1. The molecule has 1 aliphatic heterocycles. The van der Waals surface area contributed by atoms with Gasteiger partial charge >= 0.3 is 5.97 Å². The quantitative estimate of drug-likeness (QED) is 0.701. The summed E-state index contributed by atoms with van der Waals surface area (Å²) in [7, 11) is 1.63. The number of hydrogen-bond acceptors (Lipinski definition) is 4. The Kier molecular flexibility index (Phi) is 4.11. The summed E-state index contributed by atoms with van der Waals surface area (Å²) in [6.45, 7) is 6.46. The molecule has 0 spiro atoms. The van der Waals surface area contributed by atoms with E-state index in [4.69, 9.17) is 9.47 Å². The van der Waals surface area contributed by atoms with E-state index in [1.807, 2.05) is 20.8 Å². The van der Waals surface area contributed by atoms with Crippen molar-refractivity contribution >= 4 is 5.97 Å². The molecular formula is C11H21NO3. The van der Waals surface area contributed by atoms with E-state index in [1.165, 1.54) is 0 Å². The second-order valence-corrected chi connectivity index (χ2v) is 4.88. The summed E-state index contributed by atoms with van der Waals surface area (Å²) in [6, 6.07) is -0.317. The number of nitrogens with one attached hydrogen (secondary N) is 1. The lowest BCUT2D eigenvalue weighted by atomic mass is 10.0. The van der Waals surface area contributed by atoms with Crippen molar-refractivity contribution in [3.63, 3.8) is 0 Å². The molecule has 0 aromatic carbocycles. The average molecular weight is 215 g/mol. The Morgan fingerprint density at radius 2 is 2.07 bits per heavy atom. The van der Waals surface area contributed by atoms with E-state index in [1.54, 1.807) is 7.11 Å². The van der Waals surface area contributed by atoms with E-state index in [-0.39, 0.29) is 18.1 Å². The molecule has 15 heavy (non-hydrogen) atoms. The van der Waals surface area contributed by atoms with Gasteiger partial charge in [-0.15, -0.1) is 0 Å². The lowest BCUT2D eigenvalue weighted by Crippen LogP contribution is -2.52. The maximum absolute atomic E-state index is 11.8. The number of carbonyl (C=O) groups is 1. The molecule has 4 nitrogen and oxygen atoms in total. The fraction of sp³-hybridized carbons (Fsp3) is 0.909. The SMILES string of the molecule is COC1CCCNC1C(=O)OC(C)(C)C. The van der Waals surface area contributed by atoms with E-state index in [9.17, 15) is 4.79 Å². The molecule has 1 heterocycles. The molecule has 1 rings (SSSR count). The largest absolute Gasteiger partial charge is 0.459 e. The highest BCUT2D eigenvalue weighted by molar-refractivity contribution is 5.77. The van der Waals surface area contributed by atoms with Crippen LogP contribution in [-0.4, -0.2) is 37.4 Å².